The SMILES string of the molecule is CCC(C)CNC(=O)c1ccnc(N)c1. The highest BCUT2D eigenvalue weighted by Gasteiger charge is 2.06. The lowest BCUT2D eigenvalue weighted by molar-refractivity contribution is 0.0948. The van der Waals surface area contributed by atoms with Crippen molar-refractivity contribution in [3.8, 4) is 0 Å². The van der Waals surface area contributed by atoms with Crippen LogP contribution in [0.5, 0.6) is 0 Å². The summed E-state index contributed by atoms with van der Waals surface area (Å²) in [6, 6.07) is 3.23. The summed E-state index contributed by atoms with van der Waals surface area (Å²) in [7, 11) is 0. The zero-order valence-corrected chi connectivity index (χ0v) is 9.16. The number of nitrogen functional groups attached to an aromatic ring is 1. The second-order valence-corrected chi connectivity index (χ2v) is 3.69. The molecule has 1 amide bonds. The van der Waals surface area contributed by atoms with Crippen LogP contribution in [-0.4, -0.2) is 17.4 Å². The first-order valence-corrected chi connectivity index (χ1v) is 5.13. The van der Waals surface area contributed by atoms with Gasteiger partial charge in [0.2, 0.25) is 0 Å². The highest BCUT2D eigenvalue weighted by atomic mass is 16.1. The second kappa shape index (κ2) is 5.34. The van der Waals surface area contributed by atoms with Crippen LogP contribution in [0.2, 0.25) is 0 Å². The zero-order chi connectivity index (χ0) is 11.3. The molecule has 0 aliphatic rings. The van der Waals surface area contributed by atoms with Crippen LogP contribution in [-0.2, 0) is 0 Å². The van der Waals surface area contributed by atoms with Gasteiger partial charge in [0, 0.05) is 18.3 Å². The molecule has 4 heteroatoms. The van der Waals surface area contributed by atoms with Crippen LogP contribution >= 0.6 is 0 Å². The summed E-state index contributed by atoms with van der Waals surface area (Å²) in [6.07, 6.45) is 2.59. The molecule has 0 aliphatic heterocycles. The van der Waals surface area contributed by atoms with Gasteiger partial charge in [0.1, 0.15) is 5.82 Å². The van der Waals surface area contributed by atoms with Gasteiger partial charge >= 0.3 is 0 Å². The quantitative estimate of drug-likeness (QED) is 0.785. The van der Waals surface area contributed by atoms with E-state index in [0.717, 1.165) is 6.42 Å². The number of anilines is 1. The van der Waals surface area contributed by atoms with E-state index in [1.807, 2.05) is 0 Å². The summed E-state index contributed by atoms with van der Waals surface area (Å²) >= 11 is 0. The average Bonchev–Trinajstić information content (AvgIpc) is 2.25. The smallest absolute Gasteiger partial charge is 0.251 e. The van der Waals surface area contributed by atoms with Crippen molar-refractivity contribution in [3.63, 3.8) is 0 Å². The van der Waals surface area contributed by atoms with Crippen molar-refractivity contribution in [3.05, 3.63) is 23.9 Å². The molecule has 1 heterocycles. The third-order valence-electron chi connectivity index (χ3n) is 2.35. The Balaban J connectivity index is 2.54. The van der Waals surface area contributed by atoms with E-state index in [2.05, 4.69) is 24.1 Å². The maximum atomic E-state index is 11.6. The van der Waals surface area contributed by atoms with Gasteiger partial charge in [-0.05, 0) is 18.1 Å². The van der Waals surface area contributed by atoms with Crippen LogP contribution in [0.25, 0.3) is 0 Å². The van der Waals surface area contributed by atoms with Crippen molar-refractivity contribution >= 4 is 11.7 Å². The van der Waals surface area contributed by atoms with Crippen molar-refractivity contribution < 1.29 is 4.79 Å². The van der Waals surface area contributed by atoms with E-state index in [9.17, 15) is 4.79 Å². The largest absolute Gasteiger partial charge is 0.384 e. The summed E-state index contributed by atoms with van der Waals surface area (Å²) in [4.78, 5) is 15.5. The predicted molar refractivity (Wildman–Crippen MR) is 60.4 cm³/mol. The fourth-order valence-corrected chi connectivity index (χ4v) is 1.10. The maximum absolute atomic E-state index is 11.6. The molecular weight excluding hydrogens is 190 g/mol. The minimum absolute atomic E-state index is 0.0931. The van der Waals surface area contributed by atoms with Crippen molar-refractivity contribution in [1.82, 2.24) is 10.3 Å². The van der Waals surface area contributed by atoms with E-state index < -0.39 is 0 Å². The molecule has 1 unspecified atom stereocenters. The van der Waals surface area contributed by atoms with E-state index in [1.165, 1.54) is 6.20 Å². The first-order chi connectivity index (χ1) is 7.13. The number of hydrogen-bond donors (Lipinski definition) is 2. The molecule has 15 heavy (non-hydrogen) atoms. The van der Waals surface area contributed by atoms with Crippen LogP contribution in [0.3, 0.4) is 0 Å². The number of carbonyl (C=O) groups excluding carboxylic acids is 1. The van der Waals surface area contributed by atoms with E-state index in [1.54, 1.807) is 12.1 Å². The van der Waals surface area contributed by atoms with E-state index in [4.69, 9.17) is 5.73 Å². The molecule has 1 aromatic rings. The molecule has 1 atom stereocenters. The Kier molecular flexibility index (Phi) is 4.09. The molecule has 0 spiro atoms. The van der Waals surface area contributed by atoms with Gasteiger partial charge in [-0.2, -0.15) is 0 Å². The summed E-state index contributed by atoms with van der Waals surface area (Å²) < 4.78 is 0. The summed E-state index contributed by atoms with van der Waals surface area (Å²) in [5.41, 5.74) is 6.05. The number of nitrogens with two attached hydrogens (primary N) is 1. The second-order valence-electron chi connectivity index (χ2n) is 3.69. The maximum Gasteiger partial charge on any atom is 0.251 e. The Morgan fingerprint density at radius 3 is 3.00 bits per heavy atom. The van der Waals surface area contributed by atoms with Crippen LogP contribution in [0.15, 0.2) is 18.3 Å². The zero-order valence-electron chi connectivity index (χ0n) is 9.16. The number of aromatic nitrogens is 1. The molecular formula is C11H17N3O. The summed E-state index contributed by atoms with van der Waals surface area (Å²) in [5.74, 6) is 0.767. The molecule has 0 aliphatic carbocycles. The molecule has 1 aromatic heterocycles. The fourth-order valence-electron chi connectivity index (χ4n) is 1.10. The number of nitrogens with one attached hydrogen (secondary N) is 1. The van der Waals surface area contributed by atoms with Gasteiger partial charge in [-0.1, -0.05) is 20.3 Å². The number of hydrogen-bond acceptors (Lipinski definition) is 3. The molecule has 4 nitrogen and oxygen atoms in total. The first-order valence-electron chi connectivity index (χ1n) is 5.13. The lowest BCUT2D eigenvalue weighted by Crippen LogP contribution is -2.28. The van der Waals surface area contributed by atoms with Gasteiger partial charge in [-0.15, -0.1) is 0 Å². The van der Waals surface area contributed by atoms with Crippen LogP contribution in [0.1, 0.15) is 30.6 Å². The molecule has 3 N–H and O–H groups in total. The molecule has 82 valence electrons. The highest BCUT2D eigenvalue weighted by Crippen LogP contribution is 2.03. The highest BCUT2D eigenvalue weighted by molar-refractivity contribution is 5.94. The topological polar surface area (TPSA) is 68.0 Å². The summed E-state index contributed by atoms with van der Waals surface area (Å²) in [5, 5.41) is 2.85. The lowest BCUT2D eigenvalue weighted by atomic mass is 10.1. The number of carbonyl (C=O) groups is 1. The van der Waals surface area contributed by atoms with Crippen LogP contribution in [0.4, 0.5) is 5.82 Å². The van der Waals surface area contributed by atoms with Gasteiger partial charge in [0.15, 0.2) is 0 Å². The number of pyridine rings is 1. The van der Waals surface area contributed by atoms with E-state index >= 15 is 0 Å². The molecule has 0 aromatic carbocycles. The Hall–Kier alpha value is -1.58. The van der Waals surface area contributed by atoms with Crippen molar-refractivity contribution in [1.29, 1.82) is 0 Å². The number of amides is 1. The predicted octanol–water partition coefficient (Wildman–Crippen LogP) is 1.44. The third-order valence-corrected chi connectivity index (χ3v) is 2.35. The molecule has 0 bridgehead atoms. The van der Waals surface area contributed by atoms with Crippen molar-refractivity contribution in [2.75, 3.05) is 12.3 Å². The van der Waals surface area contributed by atoms with Gasteiger partial charge < -0.3 is 11.1 Å². The number of rotatable bonds is 4. The Morgan fingerprint density at radius 2 is 2.40 bits per heavy atom. The molecule has 0 radical (unpaired) electrons. The molecule has 0 fully saturated rings. The van der Waals surface area contributed by atoms with Gasteiger partial charge in [0.05, 0.1) is 0 Å². The minimum atomic E-state index is -0.0931. The Morgan fingerprint density at radius 1 is 1.67 bits per heavy atom. The van der Waals surface area contributed by atoms with Gasteiger partial charge in [-0.25, -0.2) is 4.98 Å². The monoisotopic (exact) mass is 207 g/mol. The van der Waals surface area contributed by atoms with Crippen LogP contribution in [0, 0.1) is 5.92 Å². The molecule has 1 rings (SSSR count). The Labute approximate surface area is 89.9 Å². The molecule has 0 saturated heterocycles. The van der Waals surface area contributed by atoms with Crippen molar-refractivity contribution in [2.45, 2.75) is 20.3 Å². The Bertz CT molecular complexity index is 338. The van der Waals surface area contributed by atoms with Crippen molar-refractivity contribution in [2.24, 2.45) is 5.92 Å². The average molecular weight is 207 g/mol. The minimum Gasteiger partial charge on any atom is -0.384 e. The number of nitrogens with zero attached hydrogens (tertiary/aromatic N) is 1. The third kappa shape index (κ3) is 3.58. The van der Waals surface area contributed by atoms with Gasteiger partial charge in [-0.3, -0.25) is 4.79 Å². The first kappa shape index (κ1) is 11.5. The van der Waals surface area contributed by atoms with E-state index in [-0.39, 0.29) is 5.91 Å². The fraction of sp³-hybridized carbons (Fsp3) is 0.455. The lowest BCUT2D eigenvalue weighted by Gasteiger charge is -2.10. The standard InChI is InChI=1S/C11H17N3O/c1-3-8(2)7-14-11(15)9-4-5-13-10(12)6-9/h4-6,8H,3,7H2,1-2H3,(H2,12,13)(H,14,15). The summed E-state index contributed by atoms with van der Waals surface area (Å²) in [6.45, 7) is 4.89. The normalized spacial score (nSPS) is 12.1. The molecule has 0 saturated carbocycles. The van der Waals surface area contributed by atoms with E-state index in [0.29, 0.717) is 23.8 Å². The van der Waals surface area contributed by atoms with Gasteiger partial charge in [0.25, 0.3) is 5.91 Å². The van der Waals surface area contributed by atoms with Crippen LogP contribution < -0.4 is 11.1 Å².